The molecule has 3 aliphatic carbocycles. The molecule has 2 bridgehead atoms. The summed E-state index contributed by atoms with van der Waals surface area (Å²) in [7, 11) is 0. The number of unbranched alkanes of at least 4 members (excludes halogenated alkanes) is 4. The van der Waals surface area contributed by atoms with E-state index in [4.69, 9.17) is 4.74 Å². The molecular formula is C29H40N2O. The Morgan fingerprint density at radius 1 is 0.875 bits per heavy atom. The van der Waals surface area contributed by atoms with E-state index in [0.29, 0.717) is 23.2 Å². The predicted molar refractivity (Wildman–Crippen MR) is 133 cm³/mol. The maximum atomic E-state index is 5.61. The number of ether oxygens (including phenoxy) is 1. The van der Waals surface area contributed by atoms with Crippen LogP contribution in [-0.4, -0.2) is 16.6 Å². The zero-order chi connectivity index (χ0) is 22.3. The lowest BCUT2D eigenvalue weighted by atomic mass is 9.51. The maximum Gasteiger partial charge on any atom is 0.159 e. The highest BCUT2D eigenvalue weighted by molar-refractivity contribution is 5.56. The fourth-order valence-electron chi connectivity index (χ4n) is 5.93. The highest BCUT2D eigenvalue weighted by Crippen LogP contribution is 2.59. The van der Waals surface area contributed by atoms with Gasteiger partial charge in [0.05, 0.1) is 12.4 Å². The van der Waals surface area contributed by atoms with Crippen molar-refractivity contribution in [3.05, 3.63) is 54.4 Å². The Bertz CT molecular complexity index is 845. The first-order chi connectivity index (χ1) is 15.7. The fourth-order valence-corrected chi connectivity index (χ4v) is 5.93. The van der Waals surface area contributed by atoms with Crippen LogP contribution in [-0.2, 0) is 5.41 Å². The van der Waals surface area contributed by atoms with Crippen molar-refractivity contribution >= 4 is 0 Å². The van der Waals surface area contributed by atoms with E-state index in [0.717, 1.165) is 11.4 Å². The molecule has 0 spiro atoms. The number of benzene rings is 1. The summed E-state index contributed by atoms with van der Waals surface area (Å²) in [5, 5.41) is 0. The monoisotopic (exact) mass is 432 g/mol. The third kappa shape index (κ3) is 5.24. The van der Waals surface area contributed by atoms with Crippen molar-refractivity contribution < 1.29 is 4.74 Å². The third-order valence-corrected chi connectivity index (χ3v) is 8.18. The molecule has 3 fully saturated rings. The summed E-state index contributed by atoms with van der Waals surface area (Å²) in [5.74, 6) is 1.47. The maximum absolute atomic E-state index is 5.61. The number of hydrogen-bond donors (Lipinski definition) is 0. The van der Waals surface area contributed by atoms with Crippen molar-refractivity contribution in [2.45, 2.75) is 96.3 Å². The molecule has 3 nitrogen and oxygen atoms in total. The van der Waals surface area contributed by atoms with E-state index in [1.165, 1.54) is 82.6 Å². The Kier molecular flexibility index (Phi) is 7.65. The molecule has 0 N–H and O–H groups in total. The molecule has 0 unspecified atom stereocenters. The quantitative estimate of drug-likeness (QED) is 0.266. The zero-order valence-corrected chi connectivity index (χ0v) is 20.1. The minimum absolute atomic E-state index is 0.411. The van der Waals surface area contributed by atoms with Crippen LogP contribution < -0.4 is 4.74 Å². The number of rotatable bonds is 11. The second kappa shape index (κ2) is 10.6. The van der Waals surface area contributed by atoms with Crippen LogP contribution in [0.1, 0.15) is 96.5 Å². The molecule has 0 aliphatic heterocycles. The molecule has 0 radical (unpaired) electrons. The van der Waals surface area contributed by atoms with Gasteiger partial charge in [0, 0.05) is 5.56 Å². The molecule has 3 aliphatic rings. The summed E-state index contributed by atoms with van der Waals surface area (Å²) in [6.45, 7) is 4.84. The van der Waals surface area contributed by atoms with Crippen molar-refractivity contribution in [1.82, 2.24) is 9.97 Å². The first kappa shape index (κ1) is 23.0. The van der Waals surface area contributed by atoms with Gasteiger partial charge in [-0.15, -0.1) is 0 Å². The van der Waals surface area contributed by atoms with Gasteiger partial charge in [-0.25, -0.2) is 9.97 Å². The Morgan fingerprint density at radius 3 is 2.16 bits per heavy atom. The Hall–Kier alpha value is -2.16. The Balaban J connectivity index is 1.34. The van der Waals surface area contributed by atoms with Gasteiger partial charge in [0.15, 0.2) is 11.6 Å². The standard InChI is InChI=1S/C29H40N2O/c1-3-5-7-8-9-14-28-15-18-29(19-16-28,20-17-28)25-12-10-24(11-13-25)27-30-22-26(23-31-27)32-21-6-4-2/h4,6,10-13,22-23H,3,5,7-9,14-21H2,1-2H3/b6-4+. The van der Waals surface area contributed by atoms with Crippen LogP contribution in [0.25, 0.3) is 11.4 Å². The van der Waals surface area contributed by atoms with Crippen molar-refractivity contribution in [3.8, 4) is 17.1 Å². The van der Waals surface area contributed by atoms with Crippen LogP contribution in [0.3, 0.4) is 0 Å². The molecule has 5 rings (SSSR count). The normalized spacial score (nSPS) is 24.8. The van der Waals surface area contributed by atoms with Crippen LogP contribution in [0, 0.1) is 5.41 Å². The lowest BCUT2D eigenvalue weighted by Crippen LogP contribution is -2.44. The van der Waals surface area contributed by atoms with Crippen molar-refractivity contribution in [2.75, 3.05) is 6.61 Å². The minimum Gasteiger partial charge on any atom is -0.486 e. The number of hydrogen-bond acceptors (Lipinski definition) is 3. The number of nitrogens with zero attached hydrogens (tertiary/aromatic N) is 2. The number of aromatic nitrogens is 2. The second-order valence-electron chi connectivity index (χ2n) is 10.1. The van der Waals surface area contributed by atoms with Gasteiger partial charge < -0.3 is 4.74 Å². The molecule has 2 aromatic rings. The van der Waals surface area contributed by atoms with Gasteiger partial charge in [-0.3, -0.25) is 0 Å². The van der Waals surface area contributed by atoms with Crippen molar-refractivity contribution in [1.29, 1.82) is 0 Å². The lowest BCUT2D eigenvalue weighted by Gasteiger charge is -2.54. The number of fused-ring (bicyclic) bond motifs is 3. The second-order valence-corrected chi connectivity index (χ2v) is 10.1. The van der Waals surface area contributed by atoms with Crippen molar-refractivity contribution in [3.63, 3.8) is 0 Å². The summed E-state index contributed by atoms with van der Waals surface area (Å²) in [6.07, 6.45) is 24.4. The largest absolute Gasteiger partial charge is 0.486 e. The van der Waals surface area contributed by atoms with Gasteiger partial charge in [-0.2, -0.15) is 0 Å². The lowest BCUT2D eigenvalue weighted by molar-refractivity contribution is 0.0304. The molecule has 0 saturated heterocycles. The van der Waals surface area contributed by atoms with Crippen LogP contribution >= 0.6 is 0 Å². The Labute approximate surface area is 194 Å². The van der Waals surface area contributed by atoms with E-state index in [2.05, 4.69) is 41.2 Å². The average Bonchev–Trinajstić information content (AvgIpc) is 2.86. The van der Waals surface area contributed by atoms with Gasteiger partial charge in [0.1, 0.15) is 6.61 Å². The van der Waals surface area contributed by atoms with Crippen LogP contribution in [0.2, 0.25) is 0 Å². The summed E-state index contributed by atoms with van der Waals surface area (Å²) < 4.78 is 5.61. The molecule has 0 atom stereocenters. The molecule has 0 amide bonds. The summed E-state index contributed by atoms with van der Waals surface area (Å²) in [6, 6.07) is 9.12. The van der Waals surface area contributed by atoms with E-state index in [9.17, 15) is 0 Å². The Morgan fingerprint density at radius 2 is 1.53 bits per heavy atom. The van der Waals surface area contributed by atoms with E-state index < -0.39 is 0 Å². The summed E-state index contributed by atoms with van der Waals surface area (Å²) >= 11 is 0. The predicted octanol–water partition coefficient (Wildman–Crippen LogP) is 8.05. The average molecular weight is 433 g/mol. The molecular weight excluding hydrogens is 392 g/mol. The van der Waals surface area contributed by atoms with Gasteiger partial charge in [0.2, 0.25) is 0 Å². The van der Waals surface area contributed by atoms with Crippen molar-refractivity contribution in [2.24, 2.45) is 5.41 Å². The zero-order valence-electron chi connectivity index (χ0n) is 20.1. The molecule has 1 aromatic carbocycles. The molecule has 1 aromatic heterocycles. The molecule has 172 valence electrons. The van der Waals surface area contributed by atoms with E-state index >= 15 is 0 Å². The molecule has 1 heterocycles. The van der Waals surface area contributed by atoms with Crippen LogP contribution in [0.15, 0.2) is 48.8 Å². The molecule has 32 heavy (non-hydrogen) atoms. The number of allylic oxidation sites excluding steroid dienone is 1. The third-order valence-electron chi connectivity index (χ3n) is 8.18. The minimum atomic E-state index is 0.411. The summed E-state index contributed by atoms with van der Waals surface area (Å²) in [4.78, 5) is 9.02. The molecule has 3 saturated carbocycles. The van der Waals surface area contributed by atoms with Gasteiger partial charge in [-0.1, -0.05) is 75.4 Å². The highest BCUT2D eigenvalue weighted by atomic mass is 16.5. The van der Waals surface area contributed by atoms with E-state index in [1.54, 1.807) is 12.4 Å². The topological polar surface area (TPSA) is 35.0 Å². The van der Waals surface area contributed by atoms with E-state index in [1.807, 2.05) is 19.1 Å². The SMILES string of the molecule is C/C=C/COc1cnc(-c2ccc(C34CCC(CCCCCCC)(CC3)CC4)cc2)nc1. The first-order valence-corrected chi connectivity index (χ1v) is 12.9. The fraction of sp³-hybridized carbons (Fsp3) is 0.586. The van der Waals surface area contributed by atoms with Gasteiger partial charge in [0.25, 0.3) is 0 Å². The highest BCUT2D eigenvalue weighted by Gasteiger charge is 2.48. The molecule has 3 heteroatoms. The van der Waals surface area contributed by atoms with Gasteiger partial charge >= 0.3 is 0 Å². The van der Waals surface area contributed by atoms with Gasteiger partial charge in [-0.05, 0) is 68.3 Å². The van der Waals surface area contributed by atoms with Crippen LogP contribution in [0.4, 0.5) is 0 Å². The summed E-state index contributed by atoms with van der Waals surface area (Å²) in [5.41, 5.74) is 3.69. The first-order valence-electron chi connectivity index (χ1n) is 12.9. The van der Waals surface area contributed by atoms with E-state index in [-0.39, 0.29) is 0 Å². The van der Waals surface area contributed by atoms with Crippen LogP contribution in [0.5, 0.6) is 5.75 Å². The smallest absolute Gasteiger partial charge is 0.159 e.